The van der Waals surface area contributed by atoms with Crippen LogP contribution in [0.5, 0.6) is 0 Å². The number of thiazole rings is 1. The van der Waals surface area contributed by atoms with Gasteiger partial charge in [0, 0.05) is 11.1 Å². The van der Waals surface area contributed by atoms with Gasteiger partial charge < -0.3 is 5.32 Å². The second-order valence-corrected chi connectivity index (χ2v) is 6.76. The van der Waals surface area contributed by atoms with Crippen LogP contribution in [0.25, 0.3) is 0 Å². The third-order valence-electron chi connectivity index (χ3n) is 2.75. The van der Waals surface area contributed by atoms with E-state index in [1.165, 1.54) is 11.3 Å². The lowest BCUT2D eigenvalue weighted by atomic mass is 9.98. The maximum absolute atomic E-state index is 12.1. The van der Waals surface area contributed by atoms with Crippen LogP contribution < -0.4 is 5.32 Å². The summed E-state index contributed by atoms with van der Waals surface area (Å²) in [4.78, 5) is 21.4. The molecule has 0 atom stereocenters. The summed E-state index contributed by atoms with van der Waals surface area (Å²) in [6.45, 7) is 8.63. The van der Waals surface area contributed by atoms with E-state index >= 15 is 0 Å². The molecule has 0 radical (unpaired) electrons. The molecule has 106 valence electrons. The third kappa shape index (κ3) is 3.63. The van der Waals surface area contributed by atoms with Crippen molar-refractivity contribution in [3.8, 4) is 0 Å². The fourth-order valence-corrected chi connectivity index (χ4v) is 2.57. The Labute approximate surface area is 123 Å². The number of carbonyl (C=O) groups excluding carboxylic acids is 1. The molecule has 0 fully saturated rings. The SMILES string of the molecule is Cc1cccc(CNC(=O)c2cnc(C(C)(C)C)s2)n1. The van der Waals surface area contributed by atoms with Gasteiger partial charge in [-0.2, -0.15) is 0 Å². The highest BCUT2D eigenvalue weighted by molar-refractivity contribution is 7.13. The first kappa shape index (κ1) is 14.7. The summed E-state index contributed by atoms with van der Waals surface area (Å²) in [5, 5.41) is 3.85. The zero-order valence-electron chi connectivity index (χ0n) is 12.2. The van der Waals surface area contributed by atoms with Gasteiger partial charge >= 0.3 is 0 Å². The zero-order chi connectivity index (χ0) is 14.8. The first-order chi connectivity index (χ1) is 9.36. The molecule has 0 spiro atoms. The minimum Gasteiger partial charge on any atom is -0.346 e. The Hall–Kier alpha value is -1.75. The van der Waals surface area contributed by atoms with Crippen molar-refractivity contribution >= 4 is 17.2 Å². The fourth-order valence-electron chi connectivity index (χ4n) is 1.68. The van der Waals surface area contributed by atoms with Crippen molar-refractivity contribution in [2.75, 3.05) is 0 Å². The number of amides is 1. The van der Waals surface area contributed by atoms with Crippen molar-refractivity contribution in [3.05, 3.63) is 45.7 Å². The summed E-state index contributed by atoms with van der Waals surface area (Å²) >= 11 is 1.44. The summed E-state index contributed by atoms with van der Waals surface area (Å²) in [5.41, 5.74) is 1.78. The first-order valence-corrected chi connectivity index (χ1v) is 7.35. The fraction of sp³-hybridized carbons (Fsp3) is 0.400. The third-order valence-corrected chi connectivity index (χ3v) is 4.17. The molecule has 0 saturated carbocycles. The number of carbonyl (C=O) groups is 1. The van der Waals surface area contributed by atoms with E-state index in [1.807, 2.05) is 25.1 Å². The van der Waals surface area contributed by atoms with E-state index in [0.717, 1.165) is 16.4 Å². The minimum atomic E-state index is -0.0960. The average molecular weight is 289 g/mol. The van der Waals surface area contributed by atoms with Gasteiger partial charge in [0.25, 0.3) is 5.91 Å². The summed E-state index contributed by atoms with van der Waals surface area (Å²) in [7, 11) is 0. The molecule has 0 aliphatic heterocycles. The quantitative estimate of drug-likeness (QED) is 0.944. The molecule has 20 heavy (non-hydrogen) atoms. The van der Waals surface area contributed by atoms with Crippen molar-refractivity contribution in [1.82, 2.24) is 15.3 Å². The van der Waals surface area contributed by atoms with Crippen LogP contribution in [0.2, 0.25) is 0 Å². The summed E-state index contributed by atoms with van der Waals surface area (Å²) in [5.74, 6) is -0.0960. The van der Waals surface area contributed by atoms with Gasteiger partial charge in [0.2, 0.25) is 0 Å². The molecule has 0 aliphatic rings. The lowest BCUT2D eigenvalue weighted by molar-refractivity contribution is 0.0954. The van der Waals surface area contributed by atoms with E-state index < -0.39 is 0 Å². The van der Waals surface area contributed by atoms with Crippen molar-refractivity contribution in [3.63, 3.8) is 0 Å². The predicted molar refractivity (Wildman–Crippen MR) is 81.0 cm³/mol. The van der Waals surface area contributed by atoms with Gasteiger partial charge in [-0.1, -0.05) is 26.8 Å². The molecule has 0 bridgehead atoms. The summed E-state index contributed by atoms with van der Waals surface area (Å²) in [6.07, 6.45) is 1.64. The largest absolute Gasteiger partial charge is 0.346 e. The number of nitrogens with one attached hydrogen (secondary N) is 1. The molecule has 1 amide bonds. The van der Waals surface area contributed by atoms with Crippen LogP contribution in [-0.4, -0.2) is 15.9 Å². The topological polar surface area (TPSA) is 54.9 Å². The van der Waals surface area contributed by atoms with Gasteiger partial charge in [0.1, 0.15) is 4.88 Å². The molecule has 4 nitrogen and oxygen atoms in total. The molecular weight excluding hydrogens is 270 g/mol. The first-order valence-electron chi connectivity index (χ1n) is 6.53. The van der Waals surface area contributed by atoms with Crippen LogP contribution in [0.4, 0.5) is 0 Å². The van der Waals surface area contributed by atoms with Crippen molar-refractivity contribution in [1.29, 1.82) is 0 Å². The van der Waals surface area contributed by atoms with E-state index in [9.17, 15) is 4.79 Å². The van der Waals surface area contributed by atoms with E-state index in [4.69, 9.17) is 0 Å². The maximum atomic E-state index is 12.1. The molecular formula is C15H19N3OS. The minimum absolute atomic E-state index is 0.0265. The Bertz CT molecular complexity index is 614. The molecule has 5 heteroatoms. The van der Waals surface area contributed by atoms with Crippen LogP contribution in [0.3, 0.4) is 0 Å². The van der Waals surface area contributed by atoms with Gasteiger partial charge in [-0.05, 0) is 19.1 Å². The van der Waals surface area contributed by atoms with Crippen molar-refractivity contribution in [2.45, 2.75) is 39.7 Å². The Balaban J connectivity index is 2.00. The number of pyridine rings is 1. The standard InChI is InChI=1S/C15H19N3OS/c1-10-6-5-7-11(18-10)8-16-13(19)12-9-17-14(20-12)15(2,3)4/h5-7,9H,8H2,1-4H3,(H,16,19). The molecule has 0 saturated heterocycles. The predicted octanol–water partition coefficient (Wildman–Crippen LogP) is 3.07. The molecule has 2 aromatic heterocycles. The van der Waals surface area contributed by atoms with E-state index in [0.29, 0.717) is 11.4 Å². The zero-order valence-corrected chi connectivity index (χ0v) is 13.0. The van der Waals surface area contributed by atoms with Crippen LogP contribution in [0.15, 0.2) is 24.4 Å². The Morgan fingerprint density at radius 3 is 2.70 bits per heavy atom. The van der Waals surface area contributed by atoms with Crippen molar-refractivity contribution in [2.24, 2.45) is 0 Å². The van der Waals surface area contributed by atoms with Crippen molar-refractivity contribution < 1.29 is 4.79 Å². The summed E-state index contributed by atoms with van der Waals surface area (Å²) < 4.78 is 0. The van der Waals surface area contributed by atoms with Crippen LogP contribution in [0.1, 0.15) is 46.8 Å². The van der Waals surface area contributed by atoms with Crippen LogP contribution >= 0.6 is 11.3 Å². The van der Waals surface area contributed by atoms with Gasteiger partial charge in [0.15, 0.2) is 0 Å². The number of hydrogen-bond acceptors (Lipinski definition) is 4. The maximum Gasteiger partial charge on any atom is 0.263 e. The van der Waals surface area contributed by atoms with E-state index in [1.54, 1.807) is 6.20 Å². The monoisotopic (exact) mass is 289 g/mol. The molecule has 0 unspecified atom stereocenters. The Morgan fingerprint density at radius 2 is 2.10 bits per heavy atom. The normalized spacial score (nSPS) is 11.4. The number of nitrogens with zero attached hydrogens (tertiary/aromatic N) is 2. The lowest BCUT2D eigenvalue weighted by Gasteiger charge is -2.13. The number of aromatic nitrogens is 2. The Kier molecular flexibility index (Phi) is 4.18. The second-order valence-electron chi connectivity index (χ2n) is 5.73. The van der Waals surface area contributed by atoms with E-state index in [2.05, 4.69) is 36.1 Å². The highest BCUT2D eigenvalue weighted by Crippen LogP contribution is 2.26. The molecule has 1 N–H and O–H groups in total. The second kappa shape index (κ2) is 5.71. The average Bonchev–Trinajstić information content (AvgIpc) is 2.85. The molecule has 2 heterocycles. The number of rotatable bonds is 3. The van der Waals surface area contributed by atoms with Crippen LogP contribution in [0, 0.1) is 6.92 Å². The highest BCUT2D eigenvalue weighted by Gasteiger charge is 2.20. The smallest absolute Gasteiger partial charge is 0.263 e. The van der Waals surface area contributed by atoms with Gasteiger partial charge in [-0.3, -0.25) is 9.78 Å². The lowest BCUT2D eigenvalue weighted by Crippen LogP contribution is -2.22. The number of hydrogen-bond donors (Lipinski definition) is 1. The molecule has 0 aliphatic carbocycles. The van der Waals surface area contributed by atoms with Gasteiger partial charge in [0.05, 0.1) is 23.4 Å². The Morgan fingerprint density at radius 1 is 1.35 bits per heavy atom. The molecule has 2 aromatic rings. The highest BCUT2D eigenvalue weighted by atomic mass is 32.1. The molecule has 0 aromatic carbocycles. The summed E-state index contributed by atoms with van der Waals surface area (Å²) in [6, 6.07) is 5.78. The molecule has 2 rings (SSSR count). The van der Waals surface area contributed by atoms with Crippen LogP contribution in [-0.2, 0) is 12.0 Å². The van der Waals surface area contributed by atoms with E-state index in [-0.39, 0.29) is 11.3 Å². The number of aryl methyl sites for hydroxylation is 1. The van der Waals surface area contributed by atoms with Gasteiger partial charge in [-0.15, -0.1) is 11.3 Å². The van der Waals surface area contributed by atoms with Gasteiger partial charge in [-0.25, -0.2) is 4.98 Å².